The van der Waals surface area contributed by atoms with Crippen LogP contribution in [0.1, 0.15) is 6.92 Å². The maximum Gasteiger partial charge on any atom is 0.422 e. The zero-order chi connectivity index (χ0) is 17.1. The molecule has 0 N–H and O–H groups in total. The summed E-state index contributed by atoms with van der Waals surface area (Å²) in [5, 5.41) is 0. The number of hydrogen-bond donors (Lipinski definition) is 0. The van der Waals surface area contributed by atoms with Crippen LogP contribution in [-0.2, 0) is 14.3 Å². The van der Waals surface area contributed by atoms with E-state index in [0.717, 1.165) is 0 Å². The van der Waals surface area contributed by atoms with Gasteiger partial charge >= 0.3 is 29.9 Å². The van der Waals surface area contributed by atoms with Crippen molar-refractivity contribution >= 4 is 5.97 Å². The molecule has 0 heterocycles. The molecule has 0 rings (SSSR count). The molecule has 0 atom stereocenters. The molecule has 126 valence electrons. The van der Waals surface area contributed by atoms with Crippen molar-refractivity contribution in [2.75, 3.05) is 19.8 Å². The first-order chi connectivity index (χ1) is 9.23. The van der Waals surface area contributed by atoms with Crippen LogP contribution in [-0.4, -0.2) is 44.3 Å². The quantitative estimate of drug-likeness (QED) is 0.439. The van der Waals surface area contributed by atoms with Crippen molar-refractivity contribution < 1.29 is 53.8 Å². The van der Waals surface area contributed by atoms with E-state index in [1.807, 2.05) is 0 Å². The Kier molecular flexibility index (Phi) is 5.92. The van der Waals surface area contributed by atoms with Gasteiger partial charge in [0.2, 0.25) is 0 Å². The van der Waals surface area contributed by atoms with Gasteiger partial charge in [-0.25, -0.2) is 0 Å². The third-order valence-electron chi connectivity index (χ3n) is 2.25. The third kappa shape index (κ3) is 3.71. The van der Waals surface area contributed by atoms with E-state index in [2.05, 4.69) is 9.47 Å². The Labute approximate surface area is 112 Å². The minimum atomic E-state index is -6.97. The fourth-order valence-corrected chi connectivity index (χ4v) is 1.28. The van der Waals surface area contributed by atoms with Crippen LogP contribution < -0.4 is 0 Å². The lowest BCUT2D eigenvalue weighted by molar-refractivity contribution is -0.412. The van der Waals surface area contributed by atoms with Gasteiger partial charge in [-0.15, -0.1) is 0 Å². The first-order valence-corrected chi connectivity index (χ1v) is 5.18. The van der Waals surface area contributed by atoms with Crippen molar-refractivity contribution in [2.24, 2.45) is 5.41 Å². The molecule has 0 spiro atoms. The van der Waals surface area contributed by atoms with Crippen molar-refractivity contribution in [1.82, 2.24) is 0 Å². The zero-order valence-electron chi connectivity index (χ0n) is 10.2. The van der Waals surface area contributed by atoms with Crippen LogP contribution in [0.3, 0.4) is 0 Å². The summed E-state index contributed by atoms with van der Waals surface area (Å²) in [6.45, 7) is -0.462. The van der Waals surface area contributed by atoms with Crippen molar-refractivity contribution in [3.63, 3.8) is 0 Å². The Balaban J connectivity index is 5.67. The predicted molar refractivity (Wildman–Crippen MR) is 48.1 cm³/mol. The smallest absolute Gasteiger partial charge is 0.422 e. The SMILES string of the molecule is CCOCCOC(=O)C(C(F)(F)F)(C(F)(F)F)C(F)(F)F. The summed E-state index contributed by atoms with van der Waals surface area (Å²) >= 11 is 0. The second-order valence-corrected chi connectivity index (χ2v) is 3.58. The third-order valence-corrected chi connectivity index (χ3v) is 2.25. The molecule has 0 aromatic heterocycles. The summed E-state index contributed by atoms with van der Waals surface area (Å²) in [5.74, 6) is -3.49. The number of hydrogen-bond acceptors (Lipinski definition) is 3. The highest BCUT2D eigenvalue weighted by atomic mass is 19.4. The highest BCUT2D eigenvalue weighted by molar-refractivity contribution is 5.80. The van der Waals surface area contributed by atoms with Crippen molar-refractivity contribution in [1.29, 1.82) is 0 Å². The molecule has 21 heavy (non-hydrogen) atoms. The van der Waals surface area contributed by atoms with E-state index in [0.29, 0.717) is 0 Å². The molecule has 0 aromatic rings. The van der Waals surface area contributed by atoms with E-state index in [4.69, 9.17) is 0 Å². The van der Waals surface area contributed by atoms with E-state index < -0.39 is 43.1 Å². The number of carbonyl (C=O) groups excluding carboxylic acids is 1. The maximum atomic E-state index is 12.4. The predicted octanol–water partition coefficient (Wildman–Crippen LogP) is 3.24. The van der Waals surface area contributed by atoms with Gasteiger partial charge in [-0.3, -0.25) is 4.79 Å². The minimum Gasteiger partial charge on any atom is -0.462 e. The molecule has 0 aliphatic heterocycles. The van der Waals surface area contributed by atoms with Crippen LogP contribution >= 0.6 is 0 Å². The monoisotopic (exact) mass is 336 g/mol. The Bertz CT molecular complexity index is 319. The molecular formula is C9H9F9O3. The Morgan fingerprint density at radius 1 is 0.810 bits per heavy atom. The van der Waals surface area contributed by atoms with Crippen molar-refractivity contribution in [3.05, 3.63) is 0 Å². The summed E-state index contributed by atoms with van der Waals surface area (Å²) in [4.78, 5) is 10.9. The molecule has 0 unspecified atom stereocenters. The van der Waals surface area contributed by atoms with Crippen LogP contribution in [0.15, 0.2) is 0 Å². The molecule has 0 saturated carbocycles. The van der Waals surface area contributed by atoms with Gasteiger partial charge in [0.25, 0.3) is 0 Å². The minimum absolute atomic E-state index is 0.0273. The number of carbonyl (C=O) groups is 1. The van der Waals surface area contributed by atoms with Crippen LogP contribution in [0, 0.1) is 5.41 Å². The number of rotatable bonds is 5. The van der Waals surface area contributed by atoms with Crippen LogP contribution in [0.4, 0.5) is 39.5 Å². The molecule has 0 aliphatic rings. The number of esters is 1. The fraction of sp³-hybridized carbons (Fsp3) is 0.889. The van der Waals surface area contributed by atoms with Gasteiger partial charge in [-0.1, -0.05) is 0 Å². The van der Waals surface area contributed by atoms with E-state index in [1.54, 1.807) is 0 Å². The lowest BCUT2D eigenvalue weighted by Gasteiger charge is -2.36. The Morgan fingerprint density at radius 3 is 1.48 bits per heavy atom. The second kappa shape index (κ2) is 6.28. The van der Waals surface area contributed by atoms with Crippen LogP contribution in [0.2, 0.25) is 0 Å². The van der Waals surface area contributed by atoms with E-state index in [-0.39, 0.29) is 6.61 Å². The standard InChI is InChI=1S/C9H9F9O3/c1-2-20-3-4-21-5(19)6(7(10,11)12,8(13,14)15)9(16,17)18/h2-4H2,1H3. The normalized spacial score (nSPS) is 14.2. The van der Waals surface area contributed by atoms with Crippen LogP contribution in [0.25, 0.3) is 0 Å². The van der Waals surface area contributed by atoms with E-state index in [9.17, 15) is 44.3 Å². The molecule has 3 nitrogen and oxygen atoms in total. The highest BCUT2D eigenvalue weighted by Gasteiger charge is 2.89. The van der Waals surface area contributed by atoms with E-state index >= 15 is 0 Å². The number of halogens is 9. The summed E-state index contributed by atoms with van der Waals surface area (Å²) < 4.78 is 120. The first kappa shape index (κ1) is 19.8. The van der Waals surface area contributed by atoms with Gasteiger partial charge in [-0.2, -0.15) is 39.5 Å². The summed E-state index contributed by atoms with van der Waals surface area (Å²) in [6, 6.07) is 0. The fourth-order valence-electron chi connectivity index (χ4n) is 1.28. The summed E-state index contributed by atoms with van der Waals surface area (Å²) in [7, 11) is 0. The molecule has 0 saturated heterocycles. The number of alkyl halides is 9. The average molecular weight is 336 g/mol. The topological polar surface area (TPSA) is 35.5 Å². The molecule has 12 heteroatoms. The largest absolute Gasteiger partial charge is 0.462 e. The summed E-state index contributed by atoms with van der Waals surface area (Å²) in [5.41, 5.74) is -6.60. The molecule has 0 aliphatic carbocycles. The summed E-state index contributed by atoms with van der Waals surface area (Å²) in [6.07, 6.45) is -20.9. The maximum absolute atomic E-state index is 12.4. The second-order valence-electron chi connectivity index (χ2n) is 3.58. The van der Waals surface area contributed by atoms with E-state index in [1.165, 1.54) is 6.92 Å². The van der Waals surface area contributed by atoms with Gasteiger partial charge in [0.05, 0.1) is 6.61 Å². The molecule has 0 radical (unpaired) electrons. The number of ether oxygens (including phenoxy) is 2. The van der Waals surface area contributed by atoms with Gasteiger partial charge in [0.15, 0.2) is 0 Å². The van der Waals surface area contributed by atoms with Crippen LogP contribution in [0.5, 0.6) is 0 Å². The molecular weight excluding hydrogens is 327 g/mol. The Morgan fingerprint density at radius 2 is 1.19 bits per heavy atom. The van der Waals surface area contributed by atoms with Crippen molar-refractivity contribution in [2.45, 2.75) is 25.5 Å². The average Bonchev–Trinajstić information content (AvgIpc) is 2.18. The molecule has 0 fully saturated rings. The lowest BCUT2D eigenvalue weighted by atomic mass is 9.85. The molecule has 0 amide bonds. The first-order valence-electron chi connectivity index (χ1n) is 5.18. The zero-order valence-corrected chi connectivity index (χ0v) is 10.2. The van der Waals surface area contributed by atoms with Crippen molar-refractivity contribution in [3.8, 4) is 0 Å². The lowest BCUT2D eigenvalue weighted by Crippen LogP contribution is -2.64. The van der Waals surface area contributed by atoms with Gasteiger partial charge in [-0.05, 0) is 6.92 Å². The molecule has 0 aromatic carbocycles. The van der Waals surface area contributed by atoms with Gasteiger partial charge in [0, 0.05) is 6.61 Å². The van der Waals surface area contributed by atoms with Gasteiger partial charge < -0.3 is 9.47 Å². The van der Waals surface area contributed by atoms with Gasteiger partial charge in [0.1, 0.15) is 6.61 Å². The highest BCUT2D eigenvalue weighted by Crippen LogP contribution is 2.59. The molecule has 0 bridgehead atoms. The Hall–Kier alpha value is -1.20.